The molecule has 0 N–H and O–H groups in total. The molecule has 0 fully saturated rings. The van der Waals surface area contributed by atoms with Gasteiger partial charge in [0.2, 0.25) is 0 Å². The molecule has 0 amide bonds. The van der Waals surface area contributed by atoms with Gasteiger partial charge in [0, 0.05) is 0 Å². The number of nitrogens with zero attached hydrogens (tertiary/aromatic N) is 2. The quantitative estimate of drug-likeness (QED) is 0.693. The molecule has 0 radical (unpaired) electrons. The number of rotatable bonds is 4. The number of ether oxygens (including phenoxy) is 2. The maximum atomic E-state index is 11.3. The van der Waals surface area contributed by atoms with Gasteiger partial charge in [-0.1, -0.05) is 6.07 Å². The number of benzene rings is 2. The first-order valence-electron chi connectivity index (χ1n) is 6.28. The molecule has 0 unspecified atom stereocenters. The van der Waals surface area contributed by atoms with Gasteiger partial charge in [0.1, 0.15) is 23.4 Å². The Hall–Kier alpha value is -2.47. The molecule has 0 saturated carbocycles. The summed E-state index contributed by atoms with van der Waals surface area (Å²) in [7, 11) is 1.36. The second-order valence-electron chi connectivity index (χ2n) is 4.39. The highest BCUT2D eigenvalue weighted by atomic mass is 32.1. The average Bonchev–Trinajstić information content (AvgIpc) is 3.00. The molecule has 2 aromatic carbocycles. The fourth-order valence-electron chi connectivity index (χ4n) is 1.89. The molecule has 1 heterocycles. The van der Waals surface area contributed by atoms with Gasteiger partial charge >= 0.3 is 5.97 Å². The lowest BCUT2D eigenvalue weighted by Crippen LogP contribution is -2.01. The van der Waals surface area contributed by atoms with Gasteiger partial charge in [-0.3, -0.25) is 0 Å². The molecule has 106 valence electrons. The van der Waals surface area contributed by atoms with Crippen LogP contribution in [0.1, 0.15) is 15.9 Å². The average molecular weight is 300 g/mol. The highest BCUT2D eigenvalue weighted by Gasteiger charge is 2.05. The third kappa shape index (κ3) is 3.00. The maximum Gasteiger partial charge on any atom is 0.337 e. The monoisotopic (exact) mass is 300 g/mol. The number of hydrogen-bond donors (Lipinski definition) is 0. The van der Waals surface area contributed by atoms with Crippen molar-refractivity contribution in [2.45, 2.75) is 6.61 Å². The van der Waals surface area contributed by atoms with Crippen LogP contribution in [0.5, 0.6) is 5.75 Å². The fraction of sp³-hybridized carbons (Fsp3) is 0.133. The Morgan fingerprint density at radius 2 is 1.86 bits per heavy atom. The van der Waals surface area contributed by atoms with Gasteiger partial charge in [-0.2, -0.15) is 8.75 Å². The van der Waals surface area contributed by atoms with Crippen molar-refractivity contribution in [3.05, 3.63) is 53.6 Å². The highest BCUT2D eigenvalue weighted by molar-refractivity contribution is 7.00. The standard InChI is InChI=1S/C15H12N2O3S/c1-19-15(18)11-3-5-12(6-4-11)20-9-10-2-7-13-14(8-10)17-21-16-13/h2-8H,9H2,1H3. The van der Waals surface area contributed by atoms with Crippen molar-refractivity contribution >= 4 is 28.7 Å². The van der Waals surface area contributed by atoms with E-state index in [1.54, 1.807) is 24.3 Å². The number of carbonyl (C=O) groups excluding carboxylic acids is 1. The van der Waals surface area contributed by atoms with Crippen molar-refractivity contribution in [2.24, 2.45) is 0 Å². The van der Waals surface area contributed by atoms with Gasteiger partial charge in [0.15, 0.2) is 0 Å². The van der Waals surface area contributed by atoms with Crippen LogP contribution in [0.2, 0.25) is 0 Å². The van der Waals surface area contributed by atoms with E-state index in [-0.39, 0.29) is 5.97 Å². The largest absolute Gasteiger partial charge is 0.489 e. The molecule has 0 aliphatic rings. The van der Waals surface area contributed by atoms with E-state index in [1.807, 2.05) is 18.2 Å². The third-order valence-electron chi connectivity index (χ3n) is 3.00. The molecule has 5 nitrogen and oxygen atoms in total. The Morgan fingerprint density at radius 3 is 2.62 bits per heavy atom. The van der Waals surface area contributed by atoms with E-state index in [9.17, 15) is 4.79 Å². The molecule has 0 saturated heterocycles. The predicted octanol–water partition coefficient (Wildman–Crippen LogP) is 3.06. The van der Waals surface area contributed by atoms with E-state index in [1.165, 1.54) is 18.8 Å². The van der Waals surface area contributed by atoms with Crippen LogP contribution in [-0.4, -0.2) is 21.8 Å². The Balaban J connectivity index is 1.67. The summed E-state index contributed by atoms with van der Waals surface area (Å²) in [6, 6.07) is 12.7. The fourth-order valence-corrected chi connectivity index (χ4v) is 2.41. The van der Waals surface area contributed by atoms with Crippen molar-refractivity contribution in [2.75, 3.05) is 7.11 Å². The van der Waals surface area contributed by atoms with Crippen LogP contribution in [0.3, 0.4) is 0 Å². The molecule has 0 atom stereocenters. The number of aromatic nitrogens is 2. The van der Waals surface area contributed by atoms with Crippen LogP contribution >= 0.6 is 11.7 Å². The van der Waals surface area contributed by atoms with Crippen LogP contribution in [0.15, 0.2) is 42.5 Å². The summed E-state index contributed by atoms with van der Waals surface area (Å²) in [5, 5.41) is 0. The molecule has 6 heteroatoms. The molecular formula is C15H12N2O3S. The lowest BCUT2D eigenvalue weighted by atomic mass is 10.2. The van der Waals surface area contributed by atoms with Crippen molar-refractivity contribution in [1.29, 1.82) is 0 Å². The molecule has 0 aliphatic carbocycles. The van der Waals surface area contributed by atoms with E-state index in [0.29, 0.717) is 17.9 Å². The van der Waals surface area contributed by atoms with Crippen molar-refractivity contribution in [3.8, 4) is 5.75 Å². The van der Waals surface area contributed by atoms with Gasteiger partial charge in [-0.15, -0.1) is 0 Å². The van der Waals surface area contributed by atoms with E-state index >= 15 is 0 Å². The zero-order valence-electron chi connectivity index (χ0n) is 11.3. The summed E-state index contributed by atoms with van der Waals surface area (Å²) in [5.41, 5.74) is 3.29. The van der Waals surface area contributed by atoms with Gasteiger partial charge < -0.3 is 9.47 Å². The zero-order valence-corrected chi connectivity index (χ0v) is 12.1. The first-order chi connectivity index (χ1) is 10.3. The Labute approximate surface area is 125 Å². The third-order valence-corrected chi connectivity index (χ3v) is 3.56. The molecule has 0 bridgehead atoms. The number of hydrogen-bond acceptors (Lipinski definition) is 6. The number of esters is 1. The number of carbonyl (C=O) groups is 1. The van der Waals surface area contributed by atoms with Gasteiger partial charge in [0.25, 0.3) is 0 Å². The molecule has 0 spiro atoms. The SMILES string of the molecule is COC(=O)c1ccc(OCc2ccc3nsnc3c2)cc1. The molecule has 1 aromatic heterocycles. The van der Waals surface area contributed by atoms with Gasteiger partial charge in [-0.25, -0.2) is 4.79 Å². The summed E-state index contributed by atoms with van der Waals surface area (Å²) in [6.07, 6.45) is 0. The number of fused-ring (bicyclic) bond motifs is 1. The van der Waals surface area contributed by atoms with Gasteiger partial charge in [-0.05, 0) is 42.0 Å². The van der Waals surface area contributed by atoms with Crippen LogP contribution in [0, 0.1) is 0 Å². The van der Waals surface area contributed by atoms with E-state index in [2.05, 4.69) is 13.5 Å². The Morgan fingerprint density at radius 1 is 1.10 bits per heavy atom. The summed E-state index contributed by atoms with van der Waals surface area (Å²) in [4.78, 5) is 11.3. The first kappa shape index (κ1) is 13.5. The first-order valence-corrected chi connectivity index (χ1v) is 7.01. The molecular weight excluding hydrogens is 288 g/mol. The minimum atomic E-state index is -0.358. The topological polar surface area (TPSA) is 61.3 Å². The summed E-state index contributed by atoms with van der Waals surface area (Å²) in [5.74, 6) is 0.335. The van der Waals surface area contributed by atoms with Gasteiger partial charge in [0.05, 0.1) is 24.4 Å². The lowest BCUT2D eigenvalue weighted by molar-refractivity contribution is 0.0600. The molecule has 3 aromatic rings. The highest BCUT2D eigenvalue weighted by Crippen LogP contribution is 2.17. The normalized spacial score (nSPS) is 10.5. The second-order valence-corrected chi connectivity index (χ2v) is 4.92. The second kappa shape index (κ2) is 5.88. The lowest BCUT2D eigenvalue weighted by Gasteiger charge is -2.07. The molecule has 21 heavy (non-hydrogen) atoms. The number of methoxy groups -OCH3 is 1. The van der Waals surface area contributed by atoms with Crippen molar-refractivity contribution in [1.82, 2.24) is 8.75 Å². The summed E-state index contributed by atoms with van der Waals surface area (Å²) < 4.78 is 18.7. The summed E-state index contributed by atoms with van der Waals surface area (Å²) in [6.45, 7) is 0.436. The van der Waals surface area contributed by atoms with E-state index in [0.717, 1.165) is 16.6 Å². The Kier molecular flexibility index (Phi) is 3.79. The zero-order chi connectivity index (χ0) is 14.7. The van der Waals surface area contributed by atoms with Crippen molar-refractivity contribution < 1.29 is 14.3 Å². The smallest absolute Gasteiger partial charge is 0.337 e. The van der Waals surface area contributed by atoms with E-state index < -0.39 is 0 Å². The van der Waals surface area contributed by atoms with Crippen LogP contribution in [-0.2, 0) is 11.3 Å². The maximum absolute atomic E-state index is 11.3. The predicted molar refractivity (Wildman–Crippen MR) is 79.5 cm³/mol. The minimum absolute atomic E-state index is 0.358. The van der Waals surface area contributed by atoms with Crippen LogP contribution in [0.25, 0.3) is 11.0 Å². The summed E-state index contributed by atoms with van der Waals surface area (Å²) >= 11 is 1.20. The van der Waals surface area contributed by atoms with E-state index in [4.69, 9.17) is 4.74 Å². The minimum Gasteiger partial charge on any atom is -0.489 e. The van der Waals surface area contributed by atoms with Crippen molar-refractivity contribution in [3.63, 3.8) is 0 Å². The molecule has 0 aliphatic heterocycles. The van der Waals surface area contributed by atoms with Crippen LogP contribution < -0.4 is 4.74 Å². The van der Waals surface area contributed by atoms with Crippen LogP contribution in [0.4, 0.5) is 0 Å². The Bertz CT molecular complexity index is 768. The molecule has 3 rings (SSSR count).